The number of aliphatic hydroxyl groups excluding tert-OH is 3. The van der Waals surface area contributed by atoms with Crippen LogP contribution in [0.4, 0.5) is 17.7 Å². The van der Waals surface area contributed by atoms with Crippen molar-refractivity contribution in [1.29, 1.82) is 0 Å². The molecule has 380 valence electrons. The lowest BCUT2D eigenvalue weighted by molar-refractivity contribution is -0.0618. The van der Waals surface area contributed by atoms with Gasteiger partial charge in [-0.1, -0.05) is 0 Å². The molecule has 5 unspecified atom stereocenters. The Morgan fingerprint density at radius 2 is 1.07 bits per heavy atom. The van der Waals surface area contributed by atoms with Crippen LogP contribution in [-0.2, 0) is 55.3 Å². The minimum absolute atomic E-state index is 0.0263. The van der Waals surface area contributed by atoms with Gasteiger partial charge in [0.2, 0.25) is 11.9 Å². The molecule has 36 nitrogen and oxygen atoms in total. The summed E-state index contributed by atoms with van der Waals surface area (Å²) in [5.41, 5.74) is 15.1. The number of methoxy groups -OCH3 is 1. The standard InChI is InChI=1S/C31H40N15O21P3/c1-59-20-19(11(3-60-68(52,53)54)65-29(20)44-6-37-12-21(32)35-5-36-22(12)44)67-70(57,58)62-4-10-18(17(49)28(64-10)46-8-39-14-24(46)41-31(34)43-26(14)51)66-69(55,56)61-2-9-15(47)16(48)27(63-9)45-7-38-13-23(45)40-30(33)42-25(13)50/h5-11,15-20,27-29,47-49H,2-4H2,1H3,(H,55,56)(H,57,58)(H2,32,35,36)(H2,52,53,54)(H3,33,40,42,50)(H3,34,41,43,51)/t9-,10-,11-,15?,16+,17+,18?,19?,20+,27-,28-,29-/m1/s1. The zero-order chi connectivity index (χ0) is 50.2. The van der Waals surface area contributed by atoms with Gasteiger partial charge in [-0.05, 0) is 0 Å². The normalized spacial score (nSPS) is 30.2. The molecule has 14 atom stereocenters. The summed E-state index contributed by atoms with van der Waals surface area (Å²) in [7, 11) is -15.0. The van der Waals surface area contributed by atoms with E-state index in [-0.39, 0.29) is 51.2 Å². The van der Waals surface area contributed by atoms with E-state index in [9.17, 15) is 58.2 Å². The first-order valence-corrected chi connectivity index (χ1v) is 24.5. The molecule has 39 heteroatoms. The van der Waals surface area contributed by atoms with Crippen molar-refractivity contribution in [2.45, 2.75) is 73.6 Å². The smallest absolute Gasteiger partial charge is 0.387 e. The first kappa shape index (κ1) is 49.7. The van der Waals surface area contributed by atoms with E-state index in [1.54, 1.807) is 0 Å². The van der Waals surface area contributed by atoms with Crippen LogP contribution in [0.25, 0.3) is 33.5 Å². The molecule has 3 aliphatic rings. The molecular weight excluding hydrogens is 1010 g/mol. The Hall–Kier alpha value is -5.30. The highest BCUT2D eigenvalue weighted by atomic mass is 31.2. The van der Waals surface area contributed by atoms with Crippen LogP contribution in [0, 0.1) is 0 Å². The lowest BCUT2D eigenvalue weighted by Crippen LogP contribution is -2.38. The fourth-order valence-electron chi connectivity index (χ4n) is 7.94. The quantitative estimate of drug-likeness (QED) is 0.0385. The first-order chi connectivity index (χ1) is 33.0. The second-order valence-corrected chi connectivity index (χ2v) is 19.5. The summed E-state index contributed by atoms with van der Waals surface area (Å²) in [6, 6.07) is 0. The van der Waals surface area contributed by atoms with Gasteiger partial charge in [-0.25, -0.2) is 38.6 Å². The van der Waals surface area contributed by atoms with Crippen molar-refractivity contribution in [2.75, 3.05) is 44.1 Å². The molecule has 9 heterocycles. The summed E-state index contributed by atoms with van der Waals surface area (Å²) in [6.07, 6.45) is -16.1. The van der Waals surface area contributed by atoms with Crippen LogP contribution in [0.3, 0.4) is 0 Å². The monoisotopic (exact) mass is 1050 g/mol. The van der Waals surface area contributed by atoms with Crippen LogP contribution < -0.4 is 28.3 Å². The number of aromatic amines is 2. The molecule has 70 heavy (non-hydrogen) atoms. The highest BCUT2D eigenvalue weighted by Gasteiger charge is 2.54. The van der Waals surface area contributed by atoms with Crippen molar-refractivity contribution in [1.82, 2.24) is 58.6 Å². The zero-order valence-corrected chi connectivity index (χ0v) is 37.9. The molecular formula is C31H40N15O21P3. The molecule has 0 bridgehead atoms. The van der Waals surface area contributed by atoms with Gasteiger partial charge >= 0.3 is 23.5 Å². The van der Waals surface area contributed by atoms with E-state index in [0.29, 0.717) is 0 Å². The summed E-state index contributed by atoms with van der Waals surface area (Å²) in [5.74, 6) is -0.722. The SMILES string of the molecule is CO[C@H]1C(OP(=O)(O)OC[C@H]2O[C@@H](n3cnc4c(=O)[nH]c(N)nc43)[C@@H](O)C2OP(=O)(O)OC[C@H]2O[C@@H](n3cnc4c(=O)[nH]c(N)nc43)[C@@H](O)C2O)[C@@H](COP(=O)(O)O)O[C@H]1n1cnc2c(N)ncnc21. The topological polar surface area (TPSA) is 525 Å². The second kappa shape index (κ2) is 18.7. The molecule has 6 aromatic rings. The summed E-state index contributed by atoms with van der Waals surface area (Å²) in [5, 5.41) is 33.4. The third kappa shape index (κ3) is 9.60. The van der Waals surface area contributed by atoms with Crippen LogP contribution >= 0.6 is 23.5 Å². The molecule has 6 aromatic heterocycles. The molecule has 0 aliphatic carbocycles. The number of ether oxygens (including phenoxy) is 4. The van der Waals surface area contributed by atoms with Gasteiger partial charge in [-0.15, -0.1) is 0 Å². The van der Waals surface area contributed by atoms with Gasteiger partial charge in [0, 0.05) is 7.11 Å². The average Bonchev–Trinajstić information content (AvgIpc) is 4.14. The first-order valence-electron chi connectivity index (χ1n) is 20.0. The molecule has 0 amide bonds. The molecule has 0 radical (unpaired) electrons. The number of anilines is 3. The number of phosphoric ester groups is 3. The third-order valence-electron chi connectivity index (χ3n) is 11.0. The van der Waals surface area contributed by atoms with E-state index in [2.05, 4.69) is 49.4 Å². The van der Waals surface area contributed by atoms with Crippen molar-refractivity contribution < 1.29 is 90.2 Å². The molecule has 0 aromatic carbocycles. The number of nitrogens with zero attached hydrogens (tertiary/aromatic N) is 10. The third-order valence-corrected chi connectivity index (χ3v) is 13.5. The number of aromatic nitrogens is 12. The molecule has 15 N–H and O–H groups in total. The Balaban J connectivity index is 0.945. The van der Waals surface area contributed by atoms with Crippen molar-refractivity contribution in [3.05, 3.63) is 46.0 Å². The Kier molecular flexibility index (Phi) is 13.3. The Bertz CT molecular complexity index is 3200. The van der Waals surface area contributed by atoms with Gasteiger partial charge in [0.15, 0.2) is 52.5 Å². The maximum atomic E-state index is 13.8. The van der Waals surface area contributed by atoms with Crippen LogP contribution in [0.2, 0.25) is 0 Å². The Morgan fingerprint density at radius 1 is 0.600 bits per heavy atom. The predicted molar refractivity (Wildman–Crippen MR) is 225 cm³/mol. The summed E-state index contributed by atoms with van der Waals surface area (Å²) in [4.78, 5) is 98.5. The lowest BCUT2D eigenvalue weighted by Gasteiger charge is -2.27. The molecule has 3 fully saturated rings. The fraction of sp³-hybridized carbons (Fsp3) is 0.516. The minimum Gasteiger partial charge on any atom is -0.387 e. The van der Waals surface area contributed by atoms with Crippen molar-refractivity contribution in [3.8, 4) is 0 Å². The minimum atomic E-state index is -5.48. The Labute approximate surface area is 386 Å². The van der Waals surface area contributed by atoms with Crippen molar-refractivity contribution in [2.24, 2.45) is 0 Å². The lowest BCUT2D eigenvalue weighted by atomic mass is 10.1. The number of aliphatic hydroxyl groups is 3. The molecule has 9 rings (SSSR count). The highest BCUT2D eigenvalue weighted by molar-refractivity contribution is 7.47. The van der Waals surface area contributed by atoms with E-state index in [0.717, 1.165) is 35.2 Å². The molecule has 0 spiro atoms. The van der Waals surface area contributed by atoms with Crippen LogP contribution in [0.1, 0.15) is 18.7 Å². The number of hydrogen-bond donors (Lipinski definition) is 12. The number of phosphoric acid groups is 3. The number of nitrogens with two attached hydrogens (primary N) is 3. The van der Waals surface area contributed by atoms with Crippen molar-refractivity contribution in [3.63, 3.8) is 0 Å². The van der Waals surface area contributed by atoms with Gasteiger partial charge in [0.05, 0.1) is 38.8 Å². The molecule has 3 saturated heterocycles. The largest absolute Gasteiger partial charge is 0.472 e. The summed E-state index contributed by atoms with van der Waals surface area (Å²) >= 11 is 0. The van der Waals surface area contributed by atoms with E-state index in [1.807, 2.05) is 0 Å². The summed E-state index contributed by atoms with van der Waals surface area (Å²) < 4.78 is 91.6. The highest BCUT2D eigenvalue weighted by Crippen LogP contribution is 2.53. The number of hydrogen-bond acceptors (Lipinski definition) is 27. The van der Waals surface area contributed by atoms with E-state index in [4.69, 9.17) is 54.2 Å². The number of H-pyrrole nitrogens is 2. The fourth-order valence-corrected chi connectivity index (χ4v) is 10.2. The molecule has 0 saturated carbocycles. The molecule has 3 aliphatic heterocycles. The maximum Gasteiger partial charge on any atom is 0.472 e. The van der Waals surface area contributed by atoms with Crippen LogP contribution in [0.15, 0.2) is 34.9 Å². The van der Waals surface area contributed by atoms with E-state index in [1.165, 1.54) is 10.9 Å². The zero-order valence-electron chi connectivity index (χ0n) is 35.3. The van der Waals surface area contributed by atoms with Gasteiger partial charge in [-0.3, -0.25) is 55.9 Å². The maximum absolute atomic E-state index is 13.8. The van der Waals surface area contributed by atoms with Gasteiger partial charge in [0.1, 0.15) is 66.8 Å². The number of imidazole rings is 3. The predicted octanol–water partition coefficient (Wildman–Crippen LogP) is -4.26. The van der Waals surface area contributed by atoms with E-state index >= 15 is 0 Å². The Morgan fingerprint density at radius 3 is 1.64 bits per heavy atom. The van der Waals surface area contributed by atoms with Gasteiger partial charge in [0.25, 0.3) is 11.1 Å². The van der Waals surface area contributed by atoms with Gasteiger partial charge in [-0.2, -0.15) is 9.97 Å². The van der Waals surface area contributed by atoms with E-state index < -0.39 is 128 Å². The van der Waals surface area contributed by atoms with Gasteiger partial charge < -0.3 is 71.0 Å². The summed E-state index contributed by atoms with van der Waals surface area (Å²) in [6.45, 7) is -3.06. The van der Waals surface area contributed by atoms with Crippen molar-refractivity contribution >= 4 is 74.7 Å². The second-order valence-electron chi connectivity index (χ2n) is 15.5. The number of rotatable bonds is 17. The van der Waals surface area contributed by atoms with Crippen LogP contribution in [0.5, 0.6) is 0 Å². The average molecular weight is 1050 g/mol. The van der Waals surface area contributed by atoms with Crippen LogP contribution in [-0.4, -0.2) is 175 Å². The number of nitrogen functional groups attached to an aromatic ring is 3. The number of fused-ring (bicyclic) bond motifs is 3. The number of nitrogens with one attached hydrogen (secondary N) is 2.